The number of thioether (sulfide) groups is 1. The molecule has 2 rings (SSSR count). The number of hydrogen-bond acceptors (Lipinski definition) is 3. The summed E-state index contributed by atoms with van der Waals surface area (Å²) in [5, 5.41) is 1.13. The Hall–Kier alpha value is -0.870. The lowest BCUT2D eigenvalue weighted by Crippen LogP contribution is -2.42. The van der Waals surface area contributed by atoms with E-state index >= 15 is 0 Å². The Morgan fingerprint density at radius 3 is 2.39 bits per heavy atom. The van der Waals surface area contributed by atoms with Gasteiger partial charge in [0.05, 0.1) is 6.54 Å². The minimum atomic E-state index is -0.303. The maximum Gasteiger partial charge on any atom is 0.176 e. The zero-order valence-electron chi connectivity index (χ0n) is 10.7. The molecule has 1 aromatic carbocycles. The summed E-state index contributed by atoms with van der Waals surface area (Å²) in [7, 11) is 0. The van der Waals surface area contributed by atoms with E-state index in [4.69, 9.17) is 0 Å². The average Bonchev–Trinajstić information content (AvgIpc) is 2.28. The lowest BCUT2D eigenvalue weighted by molar-refractivity contribution is 0.0930. The molecule has 2 atom stereocenters. The molecule has 1 heterocycles. The van der Waals surface area contributed by atoms with E-state index in [0.717, 1.165) is 13.1 Å². The van der Waals surface area contributed by atoms with Gasteiger partial charge in [0.25, 0.3) is 0 Å². The average molecular weight is 267 g/mol. The zero-order valence-corrected chi connectivity index (χ0v) is 11.5. The Balaban J connectivity index is 1.96. The number of hydrogen-bond donors (Lipinski definition) is 0. The molecule has 18 heavy (non-hydrogen) atoms. The van der Waals surface area contributed by atoms with E-state index in [1.54, 1.807) is 12.1 Å². The van der Waals surface area contributed by atoms with Crippen LogP contribution in [0.5, 0.6) is 0 Å². The van der Waals surface area contributed by atoms with Gasteiger partial charge in [-0.1, -0.05) is 13.8 Å². The first kappa shape index (κ1) is 13.6. The van der Waals surface area contributed by atoms with Crippen molar-refractivity contribution >= 4 is 17.5 Å². The van der Waals surface area contributed by atoms with Crippen molar-refractivity contribution in [1.82, 2.24) is 4.90 Å². The van der Waals surface area contributed by atoms with Crippen LogP contribution in [0.15, 0.2) is 24.3 Å². The van der Waals surface area contributed by atoms with Gasteiger partial charge < -0.3 is 0 Å². The van der Waals surface area contributed by atoms with Crippen LogP contribution in [-0.4, -0.2) is 40.8 Å². The highest BCUT2D eigenvalue weighted by Crippen LogP contribution is 2.24. The van der Waals surface area contributed by atoms with Crippen molar-refractivity contribution in [3.05, 3.63) is 35.6 Å². The second-order valence-electron chi connectivity index (χ2n) is 4.88. The summed E-state index contributed by atoms with van der Waals surface area (Å²) in [5.74, 6) is -0.232. The number of benzene rings is 1. The Morgan fingerprint density at radius 2 is 1.83 bits per heavy atom. The number of rotatable bonds is 3. The summed E-state index contributed by atoms with van der Waals surface area (Å²) in [6.45, 7) is 6.70. The van der Waals surface area contributed by atoms with E-state index < -0.39 is 0 Å². The lowest BCUT2D eigenvalue weighted by Gasteiger charge is -2.34. The van der Waals surface area contributed by atoms with Crippen LogP contribution in [0.4, 0.5) is 4.39 Å². The molecule has 1 fully saturated rings. The SMILES string of the molecule is CC1CN(CC(=O)c2ccc(F)cc2)CC(C)S1. The van der Waals surface area contributed by atoms with E-state index in [1.165, 1.54) is 12.1 Å². The van der Waals surface area contributed by atoms with Crippen LogP contribution >= 0.6 is 11.8 Å². The maximum absolute atomic E-state index is 12.8. The summed E-state index contributed by atoms with van der Waals surface area (Å²) in [5.41, 5.74) is 0.593. The van der Waals surface area contributed by atoms with Crippen LogP contribution in [0.3, 0.4) is 0 Å². The van der Waals surface area contributed by atoms with Crippen molar-refractivity contribution in [1.29, 1.82) is 0 Å². The fraction of sp³-hybridized carbons (Fsp3) is 0.500. The molecule has 0 saturated carbocycles. The molecule has 1 aromatic rings. The molecule has 4 heteroatoms. The first-order chi connectivity index (χ1) is 8.54. The highest BCUT2D eigenvalue weighted by atomic mass is 32.2. The molecule has 2 nitrogen and oxygen atoms in total. The summed E-state index contributed by atoms with van der Waals surface area (Å²) in [6.07, 6.45) is 0. The molecular weight excluding hydrogens is 249 g/mol. The molecule has 0 bridgehead atoms. The molecule has 0 aliphatic carbocycles. The van der Waals surface area contributed by atoms with Crippen LogP contribution in [0.25, 0.3) is 0 Å². The van der Waals surface area contributed by atoms with Gasteiger partial charge in [-0.2, -0.15) is 11.8 Å². The monoisotopic (exact) mass is 267 g/mol. The highest BCUT2D eigenvalue weighted by molar-refractivity contribution is 8.00. The lowest BCUT2D eigenvalue weighted by atomic mass is 10.1. The Kier molecular flexibility index (Phi) is 4.40. The third-order valence-corrected chi connectivity index (χ3v) is 4.26. The smallest absolute Gasteiger partial charge is 0.176 e. The van der Waals surface area contributed by atoms with Gasteiger partial charge in [-0.25, -0.2) is 4.39 Å². The van der Waals surface area contributed by atoms with Gasteiger partial charge >= 0.3 is 0 Å². The summed E-state index contributed by atoms with van der Waals surface area (Å²) in [6, 6.07) is 5.79. The molecule has 2 unspecified atom stereocenters. The van der Waals surface area contributed by atoms with Gasteiger partial charge in [-0.3, -0.25) is 9.69 Å². The van der Waals surface area contributed by atoms with Gasteiger partial charge in [-0.15, -0.1) is 0 Å². The fourth-order valence-electron chi connectivity index (χ4n) is 2.34. The number of nitrogens with zero attached hydrogens (tertiary/aromatic N) is 1. The van der Waals surface area contributed by atoms with E-state index in [2.05, 4.69) is 18.7 Å². The Bertz CT molecular complexity index is 410. The van der Waals surface area contributed by atoms with Crippen LogP contribution in [0.1, 0.15) is 24.2 Å². The molecular formula is C14H18FNOS. The largest absolute Gasteiger partial charge is 0.294 e. The van der Waals surface area contributed by atoms with E-state index in [0.29, 0.717) is 22.6 Å². The topological polar surface area (TPSA) is 20.3 Å². The summed E-state index contributed by atoms with van der Waals surface area (Å²) < 4.78 is 12.8. The normalized spacial score (nSPS) is 25.1. The van der Waals surface area contributed by atoms with Crippen LogP contribution in [0, 0.1) is 5.82 Å². The van der Waals surface area contributed by atoms with Crippen molar-refractivity contribution in [2.45, 2.75) is 24.3 Å². The third kappa shape index (κ3) is 3.56. The minimum absolute atomic E-state index is 0.0706. The summed E-state index contributed by atoms with van der Waals surface area (Å²) >= 11 is 1.97. The van der Waals surface area contributed by atoms with Crippen molar-refractivity contribution in [3.8, 4) is 0 Å². The minimum Gasteiger partial charge on any atom is -0.294 e. The van der Waals surface area contributed by atoms with Gasteiger partial charge in [0.2, 0.25) is 0 Å². The maximum atomic E-state index is 12.8. The number of halogens is 1. The quantitative estimate of drug-likeness (QED) is 0.785. The Labute approximate surface area is 112 Å². The van der Waals surface area contributed by atoms with Crippen LogP contribution in [-0.2, 0) is 0 Å². The molecule has 1 saturated heterocycles. The first-order valence-electron chi connectivity index (χ1n) is 6.21. The number of Topliss-reactive ketones (excluding diaryl/α,β-unsaturated/α-hetero) is 1. The number of carbonyl (C=O) groups is 1. The number of ketones is 1. The predicted molar refractivity (Wildman–Crippen MR) is 73.7 cm³/mol. The highest BCUT2D eigenvalue weighted by Gasteiger charge is 2.23. The first-order valence-corrected chi connectivity index (χ1v) is 7.15. The molecule has 0 N–H and O–H groups in total. The van der Waals surface area contributed by atoms with Crippen LogP contribution in [0.2, 0.25) is 0 Å². The fourth-order valence-corrected chi connectivity index (χ4v) is 3.73. The van der Waals surface area contributed by atoms with Gasteiger partial charge in [-0.05, 0) is 24.3 Å². The molecule has 98 valence electrons. The second kappa shape index (κ2) is 5.85. The van der Waals surface area contributed by atoms with Gasteiger partial charge in [0.1, 0.15) is 5.82 Å². The van der Waals surface area contributed by atoms with Gasteiger partial charge in [0, 0.05) is 29.2 Å². The third-order valence-electron chi connectivity index (χ3n) is 3.03. The molecule has 0 aromatic heterocycles. The molecule has 1 aliphatic rings. The van der Waals surface area contributed by atoms with Crippen LogP contribution < -0.4 is 0 Å². The van der Waals surface area contributed by atoms with Crippen molar-refractivity contribution < 1.29 is 9.18 Å². The van der Waals surface area contributed by atoms with Crippen molar-refractivity contribution in [3.63, 3.8) is 0 Å². The molecule has 0 amide bonds. The number of carbonyl (C=O) groups excluding carboxylic acids is 1. The van der Waals surface area contributed by atoms with Crippen molar-refractivity contribution in [2.24, 2.45) is 0 Å². The zero-order chi connectivity index (χ0) is 13.1. The predicted octanol–water partition coefficient (Wildman–Crippen LogP) is 2.83. The van der Waals surface area contributed by atoms with Crippen molar-refractivity contribution in [2.75, 3.05) is 19.6 Å². The second-order valence-corrected chi connectivity index (χ2v) is 6.76. The Morgan fingerprint density at radius 1 is 1.28 bits per heavy atom. The van der Waals surface area contributed by atoms with E-state index in [-0.39, 0.29) is 11.6 Å². The van der Waals surface area contributed by atoms with E-state index in [9.17, 15) is 9.18 Å². The molecule has 0 spiro atoms. The van der Waals surface area contributed by atoms with E-state index in [1.807, 2.05) is 11.8 Å². The standard InChI is InChI=1S/C14H18FNOS/c1-10-7-16(8-11(2)18-10)9-14(17)12-3-5-13(15)6-4-12/h3-6,10-11H,7-9H2,1-2H3. The molecule has 0 radical (unpaired) electrons. The van der Waals surface area contributed by atoms with Gasteiger partial charge in [0.15, 0.2) is 5.78 Å². The summed E-state index contributed by atoms with van der Waals surface area (Å²) in [4.78, 5) is 14.3. The molecule has 1 aliphatic heterocycles.